The molecule has 0 spiro atoms. The molecule has 3 aromatic rings. The van der Waals surface area contributed by atoms with Gasteiger partial charge in [-0.2, -0.15) is 0 Å². The highest BCUT2D eigenvalue weighted by atomic mass is 32.2. The van der Waals surface area contributed by atoms with Gasteiger partial charge < -0.3 is 9.47 Å². The molecule has 4 rings (SSSR count). The van der Waals surface area contributed by atoms with Crippen molar-refractivity contribution < 1.29 is 4.79 Å². The minimum absolute atomic E-state index is 0.177. The van der Waals surface area contributed by atoms with Crippen LogP contribution in [0, 0.1) is 5.92 Å². The topological polar surface area (TPSA) is 51.0 Å². The van der Waals surface area contributed by atoms with Gasteiger partial charge in [-0.3, -0.25) is 4.79 Å². The zero-order valence-electron chi connectivity index (χ0n) is 18.3. The Hall–Kier alpha value is -2.60. The normalized spacial score (nSPS) is 15.7. The van der Waals surface area contributed by atoms with Crippen molar-refractivity contribution in [3.05, 3.63) is 66.2 Å². The molecule has 31 heavy (non-hydrogen) atoms. The molecular weight excluding hydrogens is 404 g/mol. The zero-order valence-corrected chi connectivity index (χ0v) is 19.1. The van der Waals surface area contributed by atoms with Crippen molar-refractivity contribution in [2.24, 2.45) is 5.92 Å². The molecule has 5 nitrogen and oxygen atoms in total. The molecule has 1 aromatic heterocycles. The van der Waals surface area contributed by atoms with Crippen LogP contribution in [-0.2, 0) is 17.8 Å². The van der Waals surface area contributed by atoms with Gasteiger partial charge in [-0.15, -0.1) is 10.2 Å². The zero-order chi connectivity index (χ0) is 21.6. The second kappa shape index (κ2) is 10.1. The van der Waals surface area contributed by atoms with Gasteiger partial charge in [0.25, 0.3) is 0 Å². The first-order valence-corrected chi connectivity index (χ1v) is 12.0. The molecule has 0 saturated carbocycles. The molecule has 2 heterocycles. The fraction of sp³-hybridized carbons (Fsp3) is 0.400. The monoisotopic (exact) mass is 434 g/mol. The molecule has 1 unspecified atom stereocenters. The first kappa shape index (κ1) is 21.6. The molecule has 162 valence electrons. The largest absolute Gasteiger partial charge is 0.342 e. The van der Waals surface area contributed by atoms with Gasteiger partial charge >= 0.3 is 0 Å². The summed E-state index contributed by atoms with van der Waals surface area (Å²) < 4.78 is 2.09. The quantitative estimate of drug-likeness (QED) is 0.495. The van der Waals surface area contributed by atoms with E-state index in [-0.39, 0.29) is 11.2 Å². The lowest BCUT2D eigenvalue weighted by Gasteiger charge is -2.33. The van der Waals surface area contributed by atoms with Gasteiger partial charge in [-0.25, -0.2) is 0 Å². The number of carbonyl (C=O) groups excluding carboxylic acids is 1. The number of likely N-dealkylation sites (tertiary alicyclic amines) is 1. The molecule has 6 heteroatoms. The third kappa shape index (κ3) is 5.18. The Balaban J connectivity index is 1.35. The summed E-state index contributed by atoms with van der Waals surface area (Å²) in [5.41, 5.74) is 2.44. The van der Waals surface area contributed by atoms with E-state index in [9.17, 15) is 4.79 Å². The average Bonchev–Trinajstić information content (AvgIpc) is 3.22. The van der Waals surface area contributed by atoms with E-state index in [1.807, 2.05) is 42.2 Å². The molecular formula is C25H30N4OS. The Morgan fingerprint density at radius 2 is 1.68 bits per heavy atom. The molecule has 0 radical (unpaired) electrons. The minimum atomic E-state index is -0.177. The van der Waals surface area contributed by atoms with Crippen LogP contribution in [-0.4, -0.2) is 43.9 Å². The Kier molecular flexibility index (Phi) is 7.07. The van der Waals surface area contributed by atoms with Gasteiger partial charge in [0.05, 0.1) is 5.25 Å². The molecule has 0 N–H and O–H groups in total. The maximum absolute atomic E-state index is 13.1. The standard InChI is InChI=1S/C25H30N4OS/c1-3-29-23(22-12-8-5-9-13-22)26-27-25(29)31-19(2)24(30)28-16-14-21(15-17-28)18-20-10-6-4-7-11-20/h4-13,19,21H,3,14-18H2,1-2H3. The SMILES string of the molecule is CCn1c(SC(C)C(=O)N2CCC(Cc3ccccc3)CC2)nnc1-c1ccccc1. The van der Waals surface area contributed by atoms with E-state index in [1.54, 1.807) is 0 Å². The summed E-state index contributed by atoms with van der Waals surface area (Å²) in [5, 5.41) is 9.42. The number of nitrogens with zero attached hydrogens (tertiary/aromatic N) is 4. The number of piperidine rings is 1. The first-order chi connectivity index (χ1) is 15.2. The van der Waals surface area contributed by atoms with Gasteiger partial charge in [0.15, 0.2) is 11.0 Å². The van der Waals surface area contributed by atoms with E-state index in [0.29, 0.717) is 5.92 Å². The highest BCUT2D eigenvalue weighted by Gasteiger charge is 2.28. The number of benzene rings is 2. The van der Waals surface area contributed by atoms with Crippen LogP contribution in [0.5, 0.6) is 0 Å². The predicted molar refractivity (Wildman–Crippen MR) is 126 cm³/mol. The number of rotatable bonds is 7. The summed E-state index contributed by atoms with van der Waals surface area (Å²) in [7, 11) is 0. The molecule has 1 amide bonds. The molecule has 1 saturated heterocycles. The van der Waals surface area contributed by atoms with E-state index in [1.165, 1.54) is 17.3 Å². The molecule has 1 aliphatic heterocycles. The molecule has 0 bridgehead atoms. The summed E-state index contributed by atoms with van der Waals surface area (Å²) in [4.78, 5) is 15.1. The fourth-order valence-corrected chi connectivity index (χ4v) is 5.23. The van der Waals surface area contributed by atoms with E-state index in [2.05, 4.69) is 52.0 Å². The molecule has 1 fully saturated rings. The van der Waals surface area contributed by atoms with Gasteiger partial charge in [-0.05, 0) is 44.6 Å². The van der Waals surface area contributed by atoms with Crippen molar-refractivity contribution in [1.82, 2.24) is 19.7 Å². The number of thioether (sulfide) groups is 1. The smallest absolute Gasteiger partial charge is 0.235 e. The molecule has 2 aromatic carbocycles. The van der Waals surface area contributed by atoms with E-state index < -0.39 is 0 Å². The van der Waals surface area contributed by atoms with Crippen molar-refractivity contribution in [2.45, 2.75) is 50.1 Å². The highest BCUT2D eigenvalue weighted by molar-refractivity contribution is 8.00. The Morgan fingerprint density at radius 1 is 1.03 bits per heavy atom. The summed E-state index contributed by atoms with van der Waals surface area (Å²) in [6.07, 6.45) is 3.25. The van der Waals surface area contributed by atoms with E-state index in [0.717, 1.165) is 55.4 Å². The highest BCUT2D eigenvalue weighted by Crippen LogP contribution is 2.29. The van der Waals surface area contributed by atoms with Gasteiger partial charge in [0.2, 0.25) is 5.91 Å². The van der Waals surface area contributed by atoms with Crippen LogP contribution in [0.3, 0.4) is 0 Å². The number of carbonyl (C=O) groups is 1. The Morgan fingerprint density at radius 3 is 2.32 bits per heavy atom. The van der Waals surface area contributed by atoms with Crippen LogP contribution in [0.15, 0.2) is 65.8 Å². The number of hydrogen-bond donors (Lipinski definition) is 0. The van der Waals surface area contributed by atoms with Crippen LogP contribution in [0.25, 0.3) is 11.4 Å². The predicted octanol–water partition coefficient (Wildman–Crippen LogP) is 4.93. The first-order valence-electron chi connectivity index (χ1n) is 11.1. The van der Waals surface area contributed by atoms with E-state index in [4.69, 9.17) is 0 Å². The lowest BCUT2D eigenvalue weighted by atomic mass is 9.90. The summed E-state index contributed by atoms with van der Waals surface area (Å²) in [6.45, 7) is 6.53. The maximum Gasteiger partial charge on any atom is 0.235 e. The number of aromatic nitrogens is 3. The molecule has 1 atom stereocenters. The Bertz CT molecular complexity index is 981. The third-order valence-electron chi connectivity index (χ3n) is 5.99. The lowest BCUT2D eigenvalue weighted by molar-refractivity contribution is -0.131. The lowest BCUT2D eigenvalue weighted by Crippen LogP contribution is -2.42. The number of amides is 1. The van der Waals surface area contributed by atoms with Gasteiger partial charge in [0.1, 0.15) is 0 Å². The summed E-state index contributed by atoms with van der Waals surface area (Å²) >= 11 is 1.51. The van der Waals surface area contributed by atoms with Crippen molar-refractivity contribution in [3.8, 4) is 11.4 Å². The van der Waals surface area contributed by atoms with Crippen LogP contribution in [0.1, 0.15) is 32.3 Å². The minimum Gasteiger partial charge on any atom is -0.342 e. The van der Waals surface area contributed by atoms with Crippen LogP contribution < -0.4 is 0 Å². The fourth-order valence-electron chi connectivity index (χ4n) is 4.23. The molecule has 1 aliphatic rings. The van der Waals surface area contributed by atoms with Crippen LogP contribution in [0.2, 0.25) is 0 Å². The second-order valence-electron chi connectivity index (χ2n) is 8.13. The van der Waals surface area contributed by atoms with Crippen LogP contribution >= 0.6 is 11.8 Å². The number of hydrogen-bond acceptors (Lipinski definition) is 4. The summed E-state index contributed by atoms with van der Waals surface area (Å²) in [5.74, 6) is 1.72. The van der Waals surface area contributed by atoms with Gasteiger partial charge in [0, 0.05) is 25.2 Å². The van der Waals surface area contributed by atoms with Crippen molar-refractivity contribution in [3.63, 3.8) is 0 Å². The summed E-state index contributed by atoms with van der Waals surface area (Å²) in [6, 6.07) is 20.7. The van der Waals surface area contributed by atoms with Crippen molar-refractivity contribution in [1.29, 1.82) is 0 Å². The molecule has 0 aliphatic carbocycles. The maximum atomic E-state index is 13.1. The third-order valence-corrected chi connectivity index (χ3v) is 7.06. The van der Waals surface area contributed by atoms with E-state index >= 15 is 0 Å². The van der Waals surface area contributed by atoms with Crippen molar-refractivity contribution >= 4 is 17.7 Å². The Labute approximate surface area is 188 Å². The van der Waals surface area contributed by atoms with Gasteiger partial charge in [-0.1, -0.05) is 72.4 Å². The average molecular weight is 435 g/mol. The second-order valence-corrected chi connectivity index (χ2v) is 9.44. The van der Waals surface area contributed by atoms with Crippen molar-refractivity contribution in [2.75, 3.05) is 13.1 Å². The van der Waals surface area contributed by atoms with Crippen LogP contribution in [0.4, 0.5) is 0 Å².